The zero-order valence-electron chi connectivity index (χ0n) is 11.5. The fraction of sp³-hybridized carbons (Fsp3) is 0.538. The molecule has 0 spiro atoms. The highest BCUT2D eigenvalue weighted by molar-refractivity contribution is 5.99. The molecule has 0 saturated carbocycles. The average Bonchev–Trinajstić information content (AvgIpc) is 2.27. The van der Waals surface area contributed by atoms with Gasteiger partial charge < -0.3 is 16.0 Å². The molecule has 0 saturated heterocycles. The summed E-state index contributed by atoms with van der Waals surface area (Å²) in [4.78, 5) is 18.1. The Morgan fingerprint density at radius 2 is 2.17 bits per heavy atom. The first-order valence-corrected chi connectivity index (χ1v) is 6.07. The van der Waals surface area contributed by atoms with Gasteiger partial charge in [-0.2, -0.15) is 0 Å². The Morgan fingerprint density at radius 1 is 1.50 bits per heavy atom. The van der Waals surface area contributed by atoms with Crippen LogP contribution >= 0.6 is 0 Å². The van der Waals surface area contributed by atoms with E-state index in [1.165, 1.54) is 6.20 Å². The highest BCUT2D eigenvalue weighted by Crippen LogP contribution is 2.10. The zero-order valence-corrected chi connectivity index (χ0v) is 11.5. The van der Waals surface area contributed by atoms with Gasteiger partial charge in [-0.15, -0.1) is 0 Å². The number of pyridine rings is 1. The van der Waals surface area contributed by atoms with Crippen molar-refractivity contribution in [3.05, 3.63) is 24.0 Å². The number of nitrogens with one attached hydrogen (secondary N) is 1. The van der Waals surface area contributed by atoms with Gasteiger partial charge in [0.05, 0.1) is 17.4 Å². The quantitative estimate of drug-likeness (QED) is 0.817. The lowest BCUT2D eigenvalue weighted by molar-refractivity contribution is 0.0917. The smallest absolute Gasteiger partial charge is 0.253 e. The molecule has 0 bridgehead atoms. The SMILES string of the molecule is CC(C)C(CN(C)C)NC(=O)c1ccncc1N. The molecule has 0 aliphatic rings. The van der Waals surface area contributed by atoms with E-state index in [0.717, 1.165) is 6.54 Å². The van der Waals surface area contributed by atoms with Crippen LogP contribution in [0.25, 0.3) is 0 Å². The minimum atomic E-state index is -0.143. The summed E-state index contributed by atoms with van der Waals surface area (Å²) in [6.45, 7) is 4.98. The first-order chi connectivity index (χ1) is 8.41. The average molecular weight is 250 g/mol. The van der Waals surface area contributed by atoms with Crippen molar-refractivity contribution in [3.63, 3.8) is 0 Å². The van der Waals surface area contributed by atoms with Gasteiger partial charge in [0.15, 0.2) is 0 Å². The Kier molecular flexibility index (Phi) is 5.09. The number of nitrogens with two attached hydrogens (primary N) is 1. The van der Waals surface area contributed by atoms with Crippen LogP contribution in [0.3, 0.4) is 0 Å². The number of rotatable bonds is 5. The first-order valence-electron chi connectivity index (χ1n) is 6.07. The number of likely N-dealkylation sites (N-methyl/N-ethyl adjacent to an activating group) is 1. The molecular formula is C13H22N4O. The molecule has 18 heavy (non-hydrogen) atoms. The normalized spacial score (nSPS) is 12.8. The summed E-state index contributed by atoms with van der Waals surface area (Å²) in [6.07, 6.45) is 3.06. The summed E-state index contributed by atoms with van der Waals surface area (Å²) in [6, 6.07) is 1.73. The minimum absolute atomic E-state index is 0.0973. The maximum atomic E-state index is 12.1. The largest absolute Gasteiger partial charge is 0.397 e. The lowest BCUT2D eigenvalue weighted by Crippen LogP contribution is -2.45. The number of hydrogen-bond donors (Lipinski definition) is 2. The van der Waals surface area contributed by atoms with Crippen LogP contribution in [-0.2, 0) is 0 Å². The fourth-order valence-electron chi connectivity index (χ4n) is 1.68. The van der Waals surface area contributed by atoms with E-state index in [2.05, 4.69) is 29.0 Å². The predicted octanol–water partition coefficient (Wildman–Crippen LogP) is 0.980. The molecule has 0 aromatic carbocycles. The Bertz CT molecular complexity index is 404. The number of aromatic nitrogens is 1. The van der Waals surface area contributed by atoms with E-state index in [0.29, 0.717) is 17.2 Å². The molecular weight excluding hydrogens is 228 g/mol. The standard InChI is InChI=1S/C13H22N4O/c1-9(2)12(8-17(3)4)16-13(18)10-5-6-15-7-11(10)14/h5-7,9,12H,8,14H2,1-4H3,(H,16,18). The predicted molar refractivity (Wildman–Crippen MR) is 73.3 cm³/mol. The molecule has 0 aliphatic heterocycles. The third-order valence-corrected chi connectivity index (χ3v) is 2.78. The van der Waals surface area contributed by atoms with Gasteiger partial charge in [0.1, 0.15) is 0 Å². The van der Waals surface area contributed by atoms with Crippen molar-refractivity contribution >= 4 is 11.6 Å². The van der Waals surface area contributed by atoms with E-state index < -0.39 is 0 Å². The minimum Gasteiger partial charge on any atom is -0.397 e. The number of carbonyl (C=O) groups is 1. The molecule has 0 radical (unpaired) electrons. The van der Waals surface area contributed by atoms with Crippen LogP contribution in [-0.4, -0.2) is 42.5 Å². The molecule has 1 unspecified atom stereocenters. The summed E-state index contributed by atoms with van der Waals surface area (Å²) in [5.74, 6) is 0.217. The monoisotopic (exact) mass is 250 g/mol. The summed E-state index contributed by atoms with van der Waals surface area (Å²) in [5, 5.41) is 3.02. The van der Waals surface area contributed by atoms with Gasteiger partial charge in [-0.25, -0.2) is 0 Å². The van der Waals surface area contributed by atoms with Crippen LogP contribution < -0.4 is 11.1 Å². The summed E-state index contributed by atoms with van der Waals surface area (Å²) in [7, 11) is 3.98. The van der Waals surface area contributed by atoms with Crippen molar-refractivity contribution < 1.29 is 4.79 Å². The van der Waals surface area contributed by atoms with Gasteiger partial charge in [-0.1, -0.05) is 13.8 Å². The maximum Gasteiger partial charge on any atom is 0.253 e. The van der Waals surface area contributed by atoms with Crippen LogP contribution in [0.2, 0.25) is 0 Å². The summed E-state index contributed by atoms with van der Waals surface area (Å²) < 4.78 is 0. The van der Waals surface area contributed by atoms with Gasteiger partial charge in [0.2, 0.25) is 0 Å². The van der Waals surface area contributed by atoms with Crippen molar-refractivity contribution in [2.75, 3.05) is 26.4 Å². The topological polar surface area (TPSA) is 71.2 Å². The molecule has 1 aromatic rings. The molecule has 1 amide bonds. The van der Waals surface area contributed by atoms with E-state index >= 15 is 0 Å². The van der Waals surface area contributed by atoms with Gasteiger partial charge in [0, 0.05) is 18.8 Å². The lowest BCUT2D eigenvalue weighted by atomic mass is 10.0. The van der Waals surface area contributed by atoms with Crippen LogP contribution in [0.15, 0.2) is 18.5 Å². The van der Waals surface area contributed by atoms with E-state index in [1.807, 2.05) is 14.1 Å². The molecule has 0 fully saturated rings. The molecule has 1 rings (SSSR count). The van der Waals surface area contributed by atoms with Gasteiger partial charge in [-0.3, -0.25) is 9.78 Å². The molecule has 1 atom stereocenters. The summed E-state index contributed by atoms with van der Waals surface area (Å²) in [5.41, 5.74) is 6.63. The van der Waals surface area contributed by atoms with Crippen LogP contribution in [0.5, 0.6) is 0 Å². The van der Waals surface area contributed by atoms with E-state index in [1.54, 1.807) is 12.3 Å². The second-order valence-corrected chi connectivity index (χ2v) is 5.05. The van der Waals surface area contributed by atoms with E-state index in [-0.39, 0.29) is 11.9 Å². The number of carbonyl (C=O) groups excluding carboxylic acids is 1. The zero-order chi connectivity index (χ0) is 13.7. The lowest BCUT2D eigenvalue weighted by Gasteiger charge is -2.25. The van der Waals surface area contributed by atoms with Crippen molar-refractivity contribution in [3.8, 4) is 0 Å². The van der Waals surface area contributed by atoms with E-state index in [4.69, 9.17) is 5.73 Å². The van der Waals surface area contributed by atoms with E-state index in [9.17, 15) is 4.79 Å². The van der Waals surface area contributed by atoms with Crippen molar-refractivity contribution in [1.82, 2.24) is 15.2 Å². The second kappa shape index (κ2) is 6.35. The van der Waals surface area contributed by atoms with Gasteiger partial charge in [0.25, 0.3) is 5.91 Å². The van der Waals surface area contributed by atoms with Gasteiger partial charge >= 0.3 is 0 Å². The Balaban J connectivity index is 2.76. The first kappa shape index (κ1) is 14.4. The van der Waals surface area contributed by atoms with Crippen LogP contribution in [0, 0.1) is 5.92 Å². The molecule has 5 nitrogen and oxygen atoms in total. The Labute approximate surface area is 108 Å². The maximum absolute atomic E-state index is 12.1. The second-order valence-electron chi connectivity index (χ2n) is 5.05. The molecule has 3 N–H and O–H groups in total. The number of nitrogens with zero attached hydrogens (tertiary/aromatic N) is 2. The highest BCUT2D eigenvalue weighted by Gasteiger charge is 2.18. The highest BCUT2D eigenvalue weighted by atomic mass is 16.1. The number of nitrogen functional groups attached to an aromatic ring is 1. The Morgan fingerprint density at radius 3 is 2.67 bits per heavy atom. The van der Waals surface area contributed by atoms with Gasteiger partial charge in [-0.05, 0) is 26.1 Å². The molecule has 0 aliphatic carbocycles. The van der Waals surface area contributed by atoms with Crippen LogP contribution in [0.1, 0.15) is 24.2 Å². The molecule has 100 valence electrons. The number of anilines is 1. The van der Waals surface area contributed by atoms with Crippen LogP contribution in [0.4, 0.5) is 5.69 Å². The Hall–Kier alpha value is -1.62. The fourth-order valence-corrected chi connectivity index (χ4v) is 1.68. The molecule has 5 heteroatoms. The van der Waals surface area contributed by atoms with Crippen molar-refractivity contribution in [2.24, 2.45) is 5.92 Å². The summed E-state index contributed by atoms with van der Waals surface area (Å²) >= 11 is 0. The molecule has 1 aromatic heterocycles. The molecule has 1 heterocycles. The number of amides is 1. The van der Waals surface area contributed by atoms with Crippen molar-refractivity contribution in [2.45, 2.75) is 19.9 Å². The van der Waals surface area contributed by atoms with Crippen molar-refractivity contribution in [1.29, 1.82) is 0 Å². The third-order valence-electron chi connectivity index (χ3n) is 2.78. The number of hydrogen-bond acceptors (Lipinski definition) is 4. The third kappa shape index (κ3) is 4.00.